The van der Waals surface area contributed by atoms with E-state index in [-0.39, 0.29) is 0 Å². The molecule has 0 aliphatic carbocycles. The van der Waals surface area contributed by atoms with Crippen LogP contribution in [0.25, 0.3) is 27.8 Å². The van der Waals surface area contributed by atoms with Crippen LogP contribution in [0.4, 0.5) is 5.69 Å². The number of rotatable bonds is 5. The number of nitriles is 1. The predicted octanol–water partition coefficient (Wildman–Crippen LogP) is 4.90. The van der Waals surface area contributed by atoms with E-state index in [9.17, 15) is 10.1 Å². The van der Waals surface area contributed by atoms with Gasteiger partial charge in [0.2, 0.25) is 0 Å². The highest BCUT2D eigenvalue weighted by atomic mass is 32.1. The molecule has 4 rings (SSSR count). The standard InChI is InChI=1S/C22H15N3O3S/c1-27-17-7-4-6-16(10-17)24-12-15(11-23)21-25-19(13-29-21)18-9-14-5-2-3-8-20(14)28-22(18)26/h2-10,12-13,24H,1H3/b15-12+. The van der Waals surface area contributed by atoms with Gasteiger partial charge in [0, 0.05) is 28.7 Å². The quantitative estimate of drug-likeness (QED) is 0.378. The molecule has 2 aromatic carbocycles. The second-order valence-corrected chi connectivity index (χ2v) is 6.93. The van der Waals surface area contributed by atoms with Crippen molar-refractivity contribution in [1.82, 2.24) is 4.98 Å². The zero-order chi connectivity index (χ0) is 20.2. The minimum atomic E-state index is -0.461. The number of para-hydroxylation sites is 1. The summed E-state index contributed by atoms with van der Waals surface area (Å²) in [6, 6.07) is 18.6. The number of thiazole rings is 1. The van der Waals surface area contributed by atoms with Crippen LogP contribution in [0.2, 0.25) is 0 Å². The van der Waals surface area contributed by atoms with Gasteiger partial charge in [0.05, 0.1) is 18.4 Å². The Balaban J connectivity index is 1.64. The first-order chi connectivity index (χ1) is 14.2. The number of aromatic nitrogens is 1. The van der Waals surface area contributed by atoms with E-state index in [0.717, 1.165) is 11.1 Å². The van der Waals surface area contributed by atoms with Crippen LogP contribution in [0.5, 0.6) is 5.75 Å². The van der Waals surface area contributed by atoms with E-state index in [1.165, 1.54) is 11.3 Å². The monoisotopic (exact) mass is 401 g/mol. The average molecular weight is 401 g/mol. The van der Waals surface area contributed by atoms with Crippen LogP contribution < -0.4 is 15.7 Å². The lowest BCUT2D eigenvalue weighted by molar-refractivity contribution is 0.415. The van der Waals surface area contributed by atoms with E-state index in [0.29, 0.717) is 33.2 Å². The first kappa shape index (κ1) is 18.5. The smallest absolute Gasteiger partial charge is 0.345 e. The number of hydrogen-bond donors (Lipinski definition) is 1. The molecule has 7 heteroatoms. The van der Waals surface area contributed by atoms with E-state index in [2.05, 4.69) is 16.4 Å². The summed E-state index contributed by atoms with van der Waals surface area (Å²) in [6.45, 7) is 0. The Morgan fingerprint density at radius 3 is 2.93 bits per heavy atom. The molecule has 0 amide bonds. The summed E-state index contributed by atoms with van der Waals surface area (Å²) in [4.78, 5) is 16.8. The van der Waals surface area contributed by atoms with Crippen LogP contribution in [0.1, 0.15) is 5.01 Å². The Labute approximate surface area is 170 Å². The van der Waals surface area contributed by atoms with Crippen molar-refractivity contribution >= 4 is 33.6 Å². The molecule has 0 saturated carbocycles. The SMILES string of the molecule is COc1cccc(N/C=C(\C#N)c2nc(-c3cc4ccccc4oc3=O)cs2)c1. The van der Waals surface area contributed by atoms with Gasteiger partial charge in [-0.05, 0) is 24.3 Å². The largest absolute Gasteiger partial charge is 0.497 e. The number of anilines is 1. The van der Waals surface area contributed by atoms with Gasteiger partial charge in [-0.1, -0.05) is 24.3 Å². The maximum Gasteiger partial charge on any atom is 0.345 e. The molecule has 142 valence electrons. The Bertz CT molecular complexity index is 1310. The van der Waals surface area contributed by atoms with Crippen molar-refractivity contribution in [2.75, 3.05) is 12.4 Å². The maximum atomic E-state index is 12.3. The van der Waals surface area contributed by atoms with Crippen LogP contribution in [-0.2, 0) is 0 Å². The Morgan fingerprint density at radius 1 is 1.24 bits per heavy atom. The molecular formula is C22H15N3O3S. The summed E-state index contributed by atoms with van der Waals surface area (Å²) >= 11 is 1.29. The van der Waals surface area contributed by atoms with Crippen molar-refractivity contribution in [3.63, 3.8) is 0 Å². The van der Waals surface area contributed by atoms with Gasteiger partial charge in [0.25, 0.3) is 0 Å². The molecule has 0 spiro atoms. The average Bonchev–Trinajstić information content (AvgIpc) is 3.23. The third-order valence-corrected chi connectivity index (χ3v) is 5.10. The molecule has 0 fully saturated rings. The van der Waals surface area contributed by atoms with Crippen molar-refractivity contribution in [3.8, 4) is 23.1 Å². The number of nitrogens with zero attached hydrogens (tertiary/aromatic N) is 2. The van der Waals surface area contributed by atoms with Crippen molar-refractivity contribution < 1.29 is 9.15 Å². The lowest BCUT2D eigenvalue weighted by Crippen LogP contribution is -2.02. The van der Waals surface area contributed by atoms with E-state index in [1.807, 2.05) is 42.5 Å². The van der Waals surface area contributed by atoms with E-state index in [1.54, 1.807) is 30.8 Å². The second kappa shape index (κ2) is 8.00. The van der Waals surface area contributed by atoms with Crippen molar-refractivity contribution in [1.29, 1.82) is 5.26 Å². The van der Waals surface area contributed by atoms with Gasteiger partial charge in [-0.25, -0.2) is 9.78 Å². The highest BCUT2D eigenvalue weighted by molar-refractivity contribution is 7.11. The number of benzene rings is 2. The molecule has 29 heavy (non-hydrogen) atoms. The number of methoxy groups -OCH3 is 1. The summed E-state index contributed by atoms with van der Waals surface area (Å²) in [5.41, 5.74) is 2.05. The number of ether oxygens (including phenoxy) is 1. The Kier molecular flexibility index (Phi) is 5.10. The zero-order valence-electron chi connectivity index (χ0n) is 15.4. The summed E-state index contributed by atoms with van der Waals surface area (Å²) in [5, 5.41) is 15.7. The molecule has 0 aliphatic rings. The van der Waals surface area contributed by atoms with Crippen LogP contribution in [-0.4, -0.2) is 12.1 Å². The molecule has 0 aliphatic heterocycles. The molecule has 0 saturated heterocycles. The summed E-state index contributed by atoms with van der Waals surface area (Å²) in [7, 11) is 1.59. The van der Waals surface area contributed by atoms with Crippen LogP contribution in [0, 0.1) is 11.3 Å². The lowest BCUT2D eigenvalue weighted by atomic mass is 10.1. The van der Waals surface area contributed by atoms with Gasteiger partial charge >= 0.3 is 5.63 Å². The topological polar surface area (TPSA) is 88.2 Å². The summed E-state index contributed by atoms with van der Waals surface area (Å²) < 4.78 is 10.6. The molecule has 2 heterocycles. The van der Waals surface area contributed by atoms with Crippen LogP contribution in [0.15, 0.2) is 75.4 Å². The molecular weight excluding hydrogens is 386 g/mol. The van der Waals surface area contributed by atoms with Crippen LogP contribution in [0.3, 0.4) is 0 Å². The molecule has 4 aromatic rings. The third kappa shape index (κ3) is 3.88. The number of nitrogens with one attached hydrogen (secondary N) is 1. The van der Waals surface area contributed by atoms with Crippen molar-refractivity contribution in [3.05, 3.63) is 81.6 Å². The molecule has 0 atom stereocenters. The molecule has 6 nitrogen and oxygen atoms in total. The number of allylic oxidation sites excluding steroid dienone is 1. The van der Waals surface area contributed by atoms with E-state index >= 15 is 0 Å². The predicted molar refractivity (Wildman–Crippen MR) is 114 cm³/mol. The van der Waals surface area contributed by atoms with Gasteiger partial charge in [-0.15, -0.1) is 11.3 Å². The Hall–Kier alpha value is -3.89. The molecule has 2 aromatic heterocycles. The molecule has 1 N–H and O–H groups in total. The van der Waals surface area contributed by atoms with E-state index in [4.69, 9.17) is 9.15 Å². The first-order valence-electron chi connectivity index (χ1n) is 8.68. The fraction of sp³-hybridized carbons (Fsp3) is 0.0455. The number of hydrogen-bond acceptors (Lipinski definition) is 7. The summed E-state index contributed by atoms with van der Waals surface area (Å²) in [5.74, 6) is 0.710. The van der Waals surface area contributed by atoms with Crippen LogP contribution >= 0.6 is 11.3 Å². The fourth-order valence-electron chi connectivity index (χ4n) is 2.77. The highest BCUT2D eigenvalue weighted by Gasteiger charge is 2.13. The van der Waals surface area contributed by atoms with Gasteiger partial charge in [-0.2, -0.15) is 5.26 Å². The van der Waals surface area contributed by atoms with Gasteiger partial charge < -0.3 is 14.5 Å². The molecule has 0 unspecified atom stereocenters. The normalized spacial score (nSPS) is 11.2. The maximum absolute atomic E-state index is 12.3. The second-order valence-electron chi connectivity index (χ2n) is 6.07. The minimum absolute atomic E-state index is 0.356. The lowest BCUT2D eigenvalue weighted by Gasteiger charge is -2.04. The van der Waals surface area contributed by atoms with Crippen molar-refractivity contribution in [2.45, 2.75) is 0 Å². The van der Waals surface area contributed by atoms with Crippen molar-refractivity contribution in [2.24, 2.45) is 0 Å². The first-order valence-corrected chi connectivity index (χ1v) is 9.56. The van der Waals surface area contributed by atoms with E-state index < -0.39 is 5.63 Å². The molecule has 0 bridgehead atoms. The third-order valence-electron chi connectivity index (χ3n) is 4.23. The van der Waals surface area contributed by atoms with Gasteiger partial charge in [0.1, 0.15) is 28.0 Å². The van der Waals surface area contributed by atoms with Gasteiger partial charge in [0.15, 0.2) is 0 Å². The minimum Gasteiger partial charge on any atom is -0.497 e. The number of fused-ring (bicyclic) bond motifs is 1. The summed E-state index contributed by atoms with van der Waals surface area (Å²) in [6.07, 6.45) is 1.58. The fourth-order valence-corrected chi connectivity index (χ4v) is 3.56. The zero-order valence-corrected chi connectivity index (χ0v) is 16.2. The molecule has 0 radical (unpaired) electrons. The highest BCUT2D eigenvalue weighted by Crippen LogP contribution is 2.26. The van der Waals surface area contributed by atoms with Gasteiger partial charge in [-0.3, -0.25) is 0 Å². The Morgan fingerprint density at radius 2 is 2.10 bits per heavy atom.